The Kier molecular flexibility index (Phi) is 48.1. The van der Waals surface area contributed by atoms with Crippen LogP contribution in [-0.4, -0.2) is 37.1 Å². The molecule has 0 radical (unpaired) electrons. The van der Waals surface area contributed by atoms with E-state index in [1.807, 2.05) is 0 Å². The van der Waals surface area contributed by atoms with Crippen molar-refractivity contribution in [2.75, 3.05) is 13.2 Å². The van der Waals surface area contributed by atoms with E-state index in [4.69, 9.17) is 9.47 Å². The van der Waals surface area contributed by atoms with E-state index < -0.39 is 23.9 Å². The van der Waals surface area contributed by atoms with Crippen LogP contribution in [0.15, 0.2) is 24.3 Å². The van der Waals surface area contributed by atoms with E-state index in [-0.39, 0.29) is 19.5 Å². The SMILES string of the molecule is CCCCCCCCCCCCCCCCCOC(=O)/C=C\C(=O)[O-].CCCCCCCCCCCCCCCCCOC(=O)/C=C\C(=O)[O-].[Zn+2]. The first-order valence-corrected chi connectivity index (χ1v) is 20.4. The molecule has 0 unspecified atom stereocenters. The average Bonchev–Trinajstić information content (AvgIpc) is 3.09. The molecule has 292 valence electrons. The molecule has 0 aromatic rings. The third-order valence-electron chi connectivity index (χ3n) is 8.70. The van der Waals surface area contributed by atoms with Gasteiger partial charge in [-0.25, -0.2) is 9.59 Å². The summed E-state index contributed by atoms with van der Waals surface area (Å²) in [5.74, 6) is -4.00. The summed E-state index contributed by atoms with van der Waals surface area (Å²) in [4.78, 5) is 42.4. The van der Waals surface area contributed by atoms with Crippen LogP contribution in [0.25, 0.3) is 0 Å². The summed E-state index contributed by atoms with van der Waals surface area (Å²) in [5, 5.41) is 20.2. The first-order valence-electron chi connectivity index (χ1n) is 20.4. The van der Waals surface area contributed by atoms with E-state index in [0.717, 1.165) is 37.8 Å². The molecular weight excluding hydrogens is 698 g/mol. The minimum atomic E-state index is -1.39. The van der Waals surface area contributed by atoms with Crippen LogP contribution in [0.5, 0.6) is 0 Å². The molecule has 0 saturated heterocycles. The van der Waals surface area contributed by atoms with Gasteiger partial charge >= 0.3 is 31.4 Å². The van der Waals surface area contributed by atoms with Crippen LogP contribution in [0, 0.1) is 0 Å². The summed E-state index contributed by atoms with van der Waals surface area (Å²) in [5.41, 5.74) is 0. The number of ether oxygens (including phenoxy) is 2. The molecule has 9 heteroatoms. The Morgan fingerprint density at radius 2 is 0.549 bits per heavy atom. The number of esters is 2. The molecule has 51 heavy (non-hydrogen) atoms. The fraction of sp³-hybridized carbons (Fsp3) is 0.810. The molecule has 0 N–H and O–H groups in total. The van der Waals surface area contributed by atoms with Gasteiger partial charge in [-0.05, 0) is 25.0 Å². The number of carboxylic acid groups (broad SMARTS) is 2. The quantitative estimate of drug-likeness (QED) is 0.0266. The number of carbonyl (C=O) groups is 4. The third kappa shape index (κ3) is 52.4. The first-order chi connectivity index (χ1) is 24.3. The maximum Gasteiger partial charge on any atom is 2.00 e. The molecule has 0 bridgehead atoms. The molecule has 0 amide bonds. The second-order valence-corrected chi connectivity index (χ2v) is 13.5. The molecule has 0 heterocycles. The Morgan fingerprint density at radius 3 is 0.745 bits per heavy atom. The molecule has 0 aromatic heterocycles. The summed E-state index contributed by atoms with van der Waals surface area (Å²) in [6, 6.07) is 0. The largest absolute Gasteiger partial charge is 2.00 e. The van der Waals surface area contributed by atoms with Gasteiger partial charge in [0.05, 0.1) is 25.2 Å². The normalized spacial score (nSPS) is 10.9. The number of rotatable bonds is 36. The van der Waals surface area contributed by atoms with E-state index in [0.29, 0.717) is 25.4 Å². The molecule has 0 fully saturated rings. The Bertz CT molecular complexity index is 775. The molecule has 0 aliphatic carbocycles. The molecular formula is C42H74O8Zn. The summed E-state index contributed by atoms with van der Waals surface area (Å²) in [7, 11) is 0. The monoisotopic (exact) mass is 770 g/mol. The second-order valence-electron chi connectivity index (χ2n) is 13.5. The van der Waals surface area contributed by atoms with E-state index in [1.165, 1.54) is 167 Å². The van der Waals surface area contributed by atoms with E-state index in [1.54, 1.807) is 0 Å². The van der Waals surface area contributed by atoms with Crippen LogP contribution in [0.1, 0.15) is 206 Å². The maximum absolute atomic E-state index is 11.1. The summed E-state index contributed by atoms with van der Waals surface area (Å²) >= 11 is 0. The van der Waals surface area contributed by atoms with Gasteiger partial charge in [0.2, 0.25) is 0 Å². The van der Waals surface area contributed by atoms with E-state index >= 15 is 0 Å². The zero-order chi connectivity index (χ0) is 37.2. The van der Waals surface area contributed by atoms with Crippen LogP contribution in [0.4, 0.5) is 0 Å². The topological polar surface area (TPSA) is 133 Å². The number of carboxylic acids is 2. The average molecular weight is 772 g/mol. The first kappa shape index (κ1) is 53.3. The summed E-state index contributed by atoms with van der Waals surface area (Å²) < 4.78 is 9.78. The van der Waals surface area contributed by atoms with Crippen molar-refractivity contribution in [2.45, 2.75) is 206 Å². The van der Waals surface area contributed by atoms with E-state index in [9.17, 15) is 29.4 Å². The maximum atomic E-state index is 11.1. The Morgan fingerprint density at radius 1 is 0.353 bits per heavy atom. The van der Waals surface area contributed by atoms with Gasteiger partial charge in [-0.3, -0.25) is 0 Å². The molecule has 0 atom stereocenters. The minimum absolute atomic E-state index is 0. The van der Waals surface area contributed by atoms with Crippen molar-refractivity contribution in [1.82, 2.24) is 0 Å². The van der Waals surface area contributed by atoms with Crippen LogP contribution in [0.3, 0.4) is 0 Å². The van der Waals surface area contributed by atoms with Crippen LogP contribution >= 0.6 is 0 Å². The zero-order valence-electron chi connectivity index (χ0n) is 32.9. The van der Waals surface area contributed by atoms with Gasteiger partial charge in [0, 0.05) is 12.2 Å². The predicted octanol–water partition coefficient (Wildman–Crippen LogP) is 9.41. The molecule has 0 aliphatic heterocycles. The summed E-state index contributed by atoms with van der Waals surface area (Å²) in [6.45, 7) is 5.23. The van der Waals surface area contributed by atoms with Gasteiger partial charge in [0.1, 0.15) is 0 Å². The molecule has 0 spiro atoms. The predicted molar refractivity (Wildman–Crippen MR) is 200 cm³/mol. The molecule has 0 rings (SSSR count). The standard InChI is InChI=1S/2C21H38O4.Zn/c2*1-2-3-4-5-6-7-8-9-10-11-12-13-14-15-16-19-25-21(24)18-17-20(22)23;/h2*17-18H,2-16,19H2,1H3,(H,22,23);/q;;+2/p-2/b2*18-17-;. The van der Waals surface area contributed by atoms with Gasteiger partial charge in [0.25, 0.3) is 0 Å². The van der Waals surface area contributed by atoms with Crippen LogP contribution in [0.2, 0.25) is 0 Å². The Labute approximate surface area is 325 Å². The number of unbranched alkanes of at least 4 members (excludes halogenated alkanes) is 28. The Balaban J connectivity index is -0.000000886. The minimum Gasteiger partial charge on any atom is -0.545 e. The number of carbonyl (C=O) groups excluding carboxylic acids is 4. The van der Waals surface area contributed by atoms with Crippen molar-refractivity contribution in [2.24, 2.45) is 0 Å². The van der Waals surface area contributed by atoms with Gasteiger partial charge < -0.3 is 29.3 Å². The van der Waals surface area contributed by atoms with Crippen molar-refractivity contribution in [1.29, 1.82) is 0 Å². The third-order valence-corrected chi connectivity index (χ3v) is 8.70. The van der Waals surface area contributed by atoms with Gasteiger partial charge in [-0.15, -0.1) is 0 Å². The van der Waals surface area contributed by atoms with Crippen molar-refractivity contribution in [3.05, 3.63) is 24.3 Å². The van der Waals surface area contributed by atoms with Gasteiger partial charge in [-0.1, -0.05) is 194 Å². The van der Waals surface area contributed by atoms with Crippen molar-refractivity contribution >= 4 is 23.9 Å². The van der Waals surface area contributed by atoms with E-state index in [2.05, 4.69) is 13.8 Å². The zero-order valence-corrected chi connectivity index (χ0v) is 35.9. The number of aliphatic carboxylic acids is 2. The smallest absolute Gasteiger partial charge is 0.545 e. The fourth-order valence-corrected chi connectivity index (χ4v) is 5.66. The molecule has 0 aromatic carbocycles. The van der Waals surface area contributed by atoms with Crippen molar-refractivity contribution in [3.8, 4) is 0 Å². The molecule has 0 saturated carbocycles. The molecule has 0 aliphatic rings. The summed E-state index contributed by atoms with van der Waals surface area (Å²) in [6.07, 6.45) is 42.0. The van der Waals surface area contributed by atoms with Crippen LogP contribution in [-0.2, 0) is 48.1 Å². The van der Waals surface area contributed by atoms with Crippen molar-refractivity contribution in [3.63, 3.8) is 0 Å². The molecule has 8 nitrogen and oxygen atoms in total. The van der Waals surface area contributed by atoms with Crippen molar-refractivity contribution < 1.29 is 58.3 Å². The van der Waals surface area contributed by atoms with Gasteiger partial charge in [-0.2, -0.15) is 0 Å². The van der Waals surface area contributed by atoms with Gasteiger partial charge in [0.15, 0.2) is 0 Å². The van der Waals surface area contributed by atoms with Crippen LogP contribution < -0.4 is 10.2 Å². The fourth-order valence-electron chi connectivity index (χ4n) is 5.66. The Hall–Kier alpha value is -2.02. The number of hydrogen-bond donors (Lipinski definition) is 0. The number of hydrogen-bond acceptors (Lipinski definition) is 8. The second kappa shape index (κ2) is 46.0.